The Bertz CT molecular complexity index is 1500. The molecule has 2 aromatic heterocycles. The van der Waals surface area contributed by atoms with Crippen LogP contribution in [-0.2, 0) is 12.6 Å². The van der Waals surface area contributed by atoms with Crippen LogP contribution in [0.3, 0.4) is 0 Å². The Morgan fingerprint density at radius 1 is 0.909 bits per heavy atom. The molecule has 0 fully saturated rings. The zero-order valence-electron chi connectivity index (χ0n) is 17.7. The van der Waals surface area contributed by atoms with Crippen LogP contribution in [0.4, 0.5) is 17.6 Å². The number of hydrogen-bond donors (Lipinski definition) is 1. The molecule has 0 bridgehead atoms. The maximum atomic E-state index is 14.5. The minimum absolute atomic E-state index is 0.248. The van der Waals surface area contributed by atoms with Gasteiger partial charge in [-0.3, -0.25) is 4.57 Å². The molecule has 0 aliphatic carbocycles. The van der Waals surface area contributed by atoms with E-state index in [1.807, 2.05) is 0 Å². The molecule has 2 heterocycles. The Kier molecular flexibility index (Phi) is 4.61. The maximum absolute atomic E-state index is 14.5. The number of aliphatic hydroxyl groups is 1. The van der Waals surface area contributed by atoms with Gasteiger partial charge in [-0.05, 0) is 55.0 Å². The SMILES string of the molecule is Cc1nc2cc(C(O)(c3cn(C)c4ccccc34)C(F)(F)F)ccc2n1-c1ccc(F)cc1. The fraction of sp³-hybridized carbons (Fsp3) is 0.160. The molecule has 1 unspecified atom stereocenters. The average molecular weight is 453 g/mol. The summed E-state index contributed by atoms with van der Waals surface area (Å²) in [4.78, 5) is 4.41. The monoisotopic (exact) mass is 453 g/mol. The molecule has 5 aromatic rings. The van der Waals surface area contributed by atoms with Crippen LogP contribution in [0.15, 0.2) is 72.9 Å². The van der Waals surface area contributed by atoms with Crippen molar-refractivity contribution < 1.29 is 22.7 Å². The van der Waals surface area contributed by atoms with E-state index in [0.717, 1.165) is 0 Å². The highest BCUT2D eigenvalue weighted by Gasteiger charge is 2.57. The van der Waals surface area contributed by atoms with Gasteiger partial charge in [0.05, 0.1) is 11.0 Å². The number of nitrogens with zero attached hydrogens (tertiary/aromatic N) is 3. The number of para-hydroxylation sites is 1. The Labute approximate surface area is 186 Å². The summed E-state index contributed by atoms with van der Waals surface area (Å²) in [5.41, 5.74) is -1.78. The summed E-state index contributed by atoms with van der Waals surface area (Å²) >= 11 is 0. The summed E-state index contributed by atoms with van der Waals surface area (Å²) in [5.74, 6) is 0.128. The zero-order valence-corrected chi connectivity index (χ0v) is 17.7. The summed E-state index contributed by atoms with van der Waals surface area (Å²) in [6.07, 6.45) is -3.68. The zero-order chi connectivity index (χ0) is 23.5. The van der Waals surface area contributed by atoms with Crippen LogP contribution in [0.2, 0.25) is 0 Å². The van der Waals surface area contributed by atoms with Gasteiger partial charge in [-0.2, -0.15) is 13.2 Å². The molecule has 0 aliphatic rings. The first-order valence-electron chi connectivity index (χ1n) is 10.2. The number of alkyl halides is 3. The van der Waals surface area contributed by atoms with Gasteiger partial charge in [0.15, 0.2) is 0 Å². The number of hydrogen-bond acceptors (Lipinski definition) is 2. The van der Waals surface area contributed by atoms with E-state index in [1.165, 1.54) is 36.5 Å². The number of imidazole rings is 1. The highest BCUT2D eigenvalue weighted by molar-refractivity contribution is 5.86. The lowest BCUT2D eigenvalue weighted by atomic mass is 9.85. The molecule has 0 spiro atoms. The fourth-order valence-electron chi connectivity index (χ4n) is 4.44. The van der Waals surface area contributed by atoms with E-state index in [2.05, 4.69) is 4.98 Å². The summed E-state index contributed by atoms with van der Waals surface area (Å²) in [5, 5.41) is 11.6. The molecular formula is C25H19F4N3O. The first-order chi connectivity index (χ1) is 15.6. The average Bonchev–Trinajstić information content (AvgIpc) is 3.29. The molecule has 3 aromatic carbocycles. The van der Waals surface area contributed by atoms with E-state index in [-0.39, 0.29) is 16.6 Å². The van der Waals surface area contributed by atoms with E-state index in [4.69, 9.17) is 0 Å². The molecule has 0 amide bonds. The van der Waals surface area contributed by atoms with Crippen molar-refractivity contribution in [3.05, 3.63) is 95.7 Å². The van der Waals surface area contributed by atoms with E-state index < -0.39 is 17.6 Å². The van der Waals surface area contributed by atoms with Crippen molar-refractivity contribution in [1.29, 1.82) is 0 Å². The Morgan fingerprint density at radius 2 is 1.61 bits per heavy atom. The summed E-state index contributed by atoms with van der Waals surface area (Å²) in [6, 6.07) is 16.4. The van der Waals surface area contributed by atoms with Crippen LogP contribution in [0, 0.1) is 12.7 Å². The third kappa shape index (κ3) is 3.13. The van der Waals surface area contributed by atoms with Crippen molar-refractivity contribution in [1.82, 2.24) is 14.1 Å². The van der Waals surface area contributed by atoms with E-state index in [1.54, 1.807) is 59.5 Å². The molecule has 0 radical (unpaired) electrons. The molecule has 0 saturated heterocycles. The summed E-state index contributed by atoms with van der Waals surface area (Å²) < 4.78 is 60.1. The van der Waals surface area contributed by atoms with Gasteiger partial charge in [-0.25, -0.2) is 9.37 Å². The number of halogens is 4. The number of benzene rings is 3. The highest BCUT2D eigenvalue weighted by atomic mass is 19.4. The van der Waals surface area contributed by atoms with Gasteiger partial charge in [0.2, 0.25) is 5.60 Å². The van der Waals surface area contributed by atoms with Crippen LogP contribution in [0.5, 0.6) is 0 Å². The molecule has 1 atom stereocenters. The lowest BCUT2D eigenvalue weighted by molar-refractivity contribution is -0.247. The number of aromatic nitrogens is 3. The van der Waals surface area contributed by atoms with E-state index >= 15 is 0 Å². The van der Waals surface area contributed by atoms with Crippen LogP contribution in [0.25, 0.3) is 27.6 Å². The van der Waals surface area contributed by atoms with Crippen molar-refractivity contribution >= 4 is 21.9 Å². The first kappa shape index (κ1) is 21.2. The minimum Gasteiger partial charge on any atom is -0.372 e. The van der Waals surface area contributed by atoms with Crippen LogP contribution in [-0.4, -0.2) is 25.4 Å². The predicted molar refractivity (Wildman–Crippen MR) is 118 cm³/mol. The topological polar surface area (TPSA) is 43.0 Å². The molecule has 8 heteroatoms. The second-order valence-corrected chi connectivity index (χ2v) is 8.05. The van der Waals surface area contributed by atoms with Gasteiger partial charge in [0.25, 0.3) is 0 Å². The molecule has 0 aliphatic heterocycles. The molecule has 33 heavy (non-hydrogen) atoms. The van der Waals surface area contributed by atoms with Crippen molar-refractivity contribution in [2.45, 2.75) is 18.7 Å². The van der Waals surface area contributed by atoms with Crippen LogP contribution >= 0.6 is 0 Å². The lowest BCUT2D eigenvalue weighted by Gasteiger charge is -2.31. The minimum atomic E-state index is -4.99. The smallest absolute Gasteiger partial charge is 0.372 e. The normalized spacial score (nSPS) is 14.2. The third-order valence-electron chi connectivity index (χ3n) is 6.02. The van der Waals surface area contributed by atoms with Gasteiger partial charge in [0.1, 0.15) is 11.6 Å². The molecule has 0 saturated carbocycles. The first-order valence-corrected chi connectivity index (χ1v) is 10.2. The van der Waals surface area contributed by atoms with Gasteiger partial charge < -0.3 is 9.67 Å². The maximum Gasteiger partial charge on any atom is 0.425 e. The molecular weight excluding hydrogens is 434 g/mol. The highest BCUT2D eigenvalue weighted by Crippen LogP contribution is 2.47. The van der Waals surface area contributed by atoms with E-state index in [0.29, 0.717) is 27.9 Å². The Hall–Kier alpha value is -3.65. The standard InChI is InChI=1S/C25H19F4N3O/c1-15-30-21-13-16(7-12-23(21)32(15)18-10-8-17(26)9-11-18)24(33,25(27,28)29)20-14-31(2)22-6-4-3-5-19(20)22/h3-14,33H,1-2H3. The third-order valence-corrected chi connectivity index (χ3v) is 6.02. The largest absolute Gasteiger partial charge is 0.425 e. The second kappa shape index (κ2) is 7.18. The van der Waals surface area contributed by atoms with Crippen molar-refractivity contribution in [2.24, 2.45) is 7.05 Å². The van der Waals surface area contributed by atoms with Gasteiger partial charge >= 0.3 is 6.18 Å². The summed E-state index contributed by atoms with van der Waals surface area (Å²) in [6.45, 7) is 1.71. The quantitative estimate of drug-likeness (QED) is 0.353. The molecule has 4 nitrogen and oxygen atoms in total. The Morgan fingerprint density at radius 3 is 2.30 bits per heavy atom. The molecule has 5 rings (SSSR count). The van der Waals surface area contributed by atoms with Crippen molar-refractivity contribution in [2.75, 3.05) is 0 Å². The van der Waals surface area contributed by atoms with Crippen LogP contribution < -0.4 is 0 Å². The van der Waals surface area contributed by atoms with Crippen LogP contribution in [0.1, 0.15) is 17.0 Å². The van der Waals surface area contributed by atoms with Gasteiger partial charge in [-0.1, -0.05) is 24.3 Å². The Balaban J connectivity index is 1.74. The fourth-order valence-corrected chi connectivity index (χ4v) is 4.44. The lowest BCUT2D eigenvalue weighted by Crippen LogP contribution is -2.43. The van der Waals surface area contributed by atoms with Crippen molar-refractivity contribution in [3.63, 3.8) is 0 Å². The summed E-state index contributed by atoms with van der Waals surface area (Å²) in [7, 11) is 1.64. The van der Waals surface area contributed by atoms with E-state index in [9.17, 15) is 22.7 Å². The van der Waals surface area contributed by atoms with Gasteiger partial charge in [-0.15, -0.1) is 0 Å². The number of fused-ring (bicyclic) bond motifs is 2. The molecule has 1 N–H and O–H groups in total. The van der Waals surface area contributed by atoms with Crippen molar-refractivity contribution in [3.8, 4) is 5.69 Å². The molecule has 168 valence electrons. The second-order valence-electron chi connectivity index (χ2n) is 8.05. The van der Waals surface area contributed by atoms with Gasteiger partial charge in [0, 0.05) is 35.4 Å². The number of aryl methyl sites for hydroxylation is 2. The number of rotatable bonds is 3. The predicted octanol–water partition coefficient (Wildman–Crippen LogP) is 5.76.